The van der Waals surface area contributed by atoms with E-state index in [2.05, 4.69) is 118 Å². The van der Waals surface area contributed by atoms with E-state index >= 15 is 0 Å². The van der Waals surface area contributed by atoms with E-state index in [1.54, 1.807) is 45.3 Å². The summed E-state index contributed by atoms with van der Waals surface area (Å²) in [7, 11) is 1.58. The maximum atomic E-state index is 14.8. The predicted molar refractivity (Wildman–Crippen MR) is 445 cm³/mol. The number of ether oxygens (including phenoxy) is 7. The number of carbonyl (C=O) groups is 1. The SMILES string of the molecule is C#C[C@@]1(O)[C@H](O)[C@@H](CO)O[C@H]1n1ccc2c(N)ccnc21.C=C1N=C(N)C(F)=CN1[C@@H]1O[C@@](CO)(CN=[N+]=[N-])[C@@H](O)[C@H]1F.C=C1N=C(NO)C=CN1[C@@H]1O[C@@](CO)(CN=[N+]=[N-])[C@@H](O)[C@H]1F.C=C1NC(=NC)C=CN1[C@@H]1O[C@@](CO)(CN=[N+]=[N-])[C@@H](O)[C@H]1F.C=C1NC(=O)C=CN1[C@@H]1O[C@](F)(CO)[C@@H](O)[C@@]1(C)Cl.CCOc1nc(C)nc2c1ncn2[C@@H]1O[C@@](CO)(CN=[N+]=[N-])[C@@H](O)[C@H]1F. The largest absolute Gasteiger partial charge is 0.476 e. The van der Waals surface area contributed by atoms with Crippen molar-refractivity contribution in [3.63, 3.8) is 0 Å². The Hall–Kier alpha value is -12.3. The van der Waals surface area contributed by atoms with Crippen molar-refractivity contribution in [2.75, 3.05) is 85.2 Å². The average molecular weight is 1890 g/mol. The van der Waals surface area contributed by atoms with Gasteiger partial charge in [-0.2, -0.15) is 4.98 Å². The van der Waals surface area contributed by atoms with E-state index in [-0.39, 0.29) is 40.7 Å². The monoisotopic (exact) mass is 1890 g/mol. The van der Waals surface area contributed by atoms with E-state index in [0.29, 0.717) is 46.3 Å². The van der Waals surface area contributed by atoms with Crippen molar-refractivity contribution in [3.05, 3.63) is 177 Å². The lowest BCUT2D eigenvalue weighted by Crippen LogP contribution is -2.51. The number of carbonyl (C=O) groups excluding carboxylic acids is 1. The van der Waals surface area contributed by atoms with Gasteiger partial charge in [-0.15, -0.1) is 18.0 Å². The normalized spacial score (nSPS) is 34.5. The number of terminal acetylenes is 1. The molecule has 21 N–H and O–H groups in total. The second-order valence-corrected chi connectivity index (χ2v) is 30.7. The Labute approximate surface area is 746 Å². The molecular formula is C73H93ClF6N30O22. The van der Waals surface area contributed by atoms with Crippen LogP contribution in [0.15, 0.2) is 165 Å². The smallest absolute Gasteiger partial charge is 0.262 e. The quantitative estimate of drug-likeness (QED) is 0.00906. The summed E-state index contributed by atoms with van der Waals surface area (Å²) < 4.78 is 126. The molecule has 0 unspecified atom stereocenters. The molecule has 0 radical (unpaired) electrons. The Morgan fingerprint density at radius 2 is 1.16 bits per heavy atom. The fraction of sp³-hybridized carbons (Fsp3) is 0.534. The van der Waals surface area contributed by atoms with Gasteiger partial charge in [0.05, 0.1) is 72.1 Å². The van der Waals surface area contributed by atoms with Crippen LogP contribution in [0.3, 0.4) is 0 Å². The van der Waals surface area contributed by atoms with E-state index in [1.165, 1.54) is 74.0 Å². The maximum absolute atomic E-state index is 14.8. The summed E-state index contributed by atoms with van der Waals surface area (Å²) in [5.41, 5.74) is 39.1. The minimum Gasteiger partial charge on any atom is -0.476 e. The zero-order chi connectivity index (χ0) is 97.7. The average Bonchev–Trinajstić information content (AvgIpc) is 1.60. The molecule has 24 atom stereocenters. The summed E-state index contributed by atoms with van der Waals surface area (Å²) in [4.78, 5) is 52.6. The van der Waals surface area contributed by atoms with Gasteiger partial charge >= 0.3 is 0 Å². The molecule has 10 aliphatic heterocycles. The minimum absolute atomic E-state index is 0.0522. The second-order valence-electron chi connectivity index (χ2n) is 29.9. The van der Waals surface area contributed by atoms with Crippen LogP contribution in [0.1, 0.15) is 32.1 Å². The molecule has 6 saturated heterocycles. The van der Waals surface area contributed by atoms with Crippen molar-refractivity contribution in [2.45, 2.75) is 164 Å². The van der Waals surface area contributed by atoms with Gasteiger partial charge in [-0.25, -0.2) is 51.3 Å². The number of nitrogen functional groups attached to an aromatic ring is 1. The van der Waals surface area contributed by atoms with Crippen molar-refractivity contribution in [1.82, 2.24) is 64.8 Å². The number of nitrogens with zero attached hydrogens (tertiary/aromatic N) is 25. The van der Waals surface area contributed by atoms with E-state index in [1.807, 2.05) is 5.48 Å². The molecule has 52 nitrogen and oxygen atoms in total. The number of fused-ring (bicyclic) bond motifs is 2. The summed E-state index contributed by atoms with van der Waals surface area (Å²) in [6.07, 6.45) is -7.26. The lowest BCUT2D eigenvalue weighted by Gasteiger charge is -2.36. The van der Waals surface area contributed by atoms with Crippen molar-refractivity contribution in [2.24, 2.45) is 41.2 Å². The summed E-state index contributed by atoms with van der Waals surface area (Å²) in [6.45, 7) is 13.4. The molecule has 0 aromatic carbocycles. The van der Waals surface area contributed by atoms with Gasteiger partial charge in [0.15, 0.2) is 96.3 Å². The fourth-order valence-corrected chi connectivity index (χ4v) is 14.8. The number of rotatable bonds is 22. The fourth-order valence-electron chi connectivity index (χ4n) is 14.5. The minimum atomic E-state index is -2.67. The molecule has 6 fully saturated rings. The standard InChI is InChI=1S/C14H18FN7O4.C14H15N3O4.C12H17FN6O3.C11H14ClFN2O4.C11H14F2N6O3.C11H15FN6O4/c1-3-25-12-9-11(19-7(2)20-12)22(6-17-9)13-8(15)10(24)14(5-23,26-13)4-18-21-16;1-2-14(20)11(19)10(7-18)21-13(14)17-6-4-8-9(15)3-5-16-12(8)17;1-7-17-8(15-2)3-4-19(7)11-9(13)10(21)12(6-20,22-11)5-16-18-14;1-6-14-7(17)3-4-15(6)9-10(2,12)8(18)11(13,5-16)19-9;1-5-17-9(14)6(12)2-19(5)10-7(13)8(21)11(4-20,22-10)3-16-18-15;1-6-15-7(16-21)2-3-18(6)10-8(12)9(20)11(5-19,22-10)4-14-17-13/h6,8,10,13,23-24H,3-5H2,1-2H3;1,3-6,10-11,13,18-20H,7H2,(H2,15,16);3-4,9-11,20-21H,1,5-6H2,2H3,(H,15,17);3-4,8-9,16,18H,1,5H2,2H3,(H,14,17);2,7-8,10,20-21H,1,3-4H2,(H2,14,17);2-3,8-10,19-21H,1,4-5H2,(H,15,16)/t8-,10+,13-,14-;10-,11-,13-,14-;9-,10+,11-,12-;8-,9+,10+,11+;7-,8+,10-,11-;8-,9+,10-,11-/m111011/s1. The van der Waals surface area contributed by atoms with Crippen molar-refractivity contribution >= 4 is 62.9 Å². The molecule has 59 heteroatoms. The van der Waals surface area contributed by atoms with Crippen LogP contribution < -0.4 is 32.3 Å². The van der Waals surface area contributed by atoms with Crippen LogP contribution in [0.5, 0.6) is 5.88 Å². The number of azide groups is 4. The number of aryl methyl sites for hydroxylation is 1. The molecule has 716 valence electrons. The van der Waals surface area contributed by atoms with E-state index in [0.717, 1.165) is 11.1 Å². The number of imidazole rings is 1. The summed E-state index contributed by atoms with van der Waals surface area (Å²) in [5, 5.41) is 155. The van der Waals surface area contributed by atoms with Crippen LogP contribution in [0.25, 0.3) is 64.0 Å². The van der Waals surface area contributed by atoms with Gasteiger partial charge in [-0.1, -0.05) is 52.7 Å². The van der Waals surface area contributed by atoms with E-state index in [9.17, 15) is 92.4 Å². The number of aliphatic hydroxyl groups is 13. The molecule has 0 saturated carbocycles. The summed E-state index contributed by atoms with van der Waals surface area (Å²) in [5.74, 6) is -0.561. The molecule has 0 aliphatic carbocycles. The lowest BCUT2D eigenvalue weighted by atomic mass is 9.95. The first-order valence-electron chi connectivity index (χ1n) is 38.8. The molecule has 132 heavy (non-hydrogen) atoms. The number of aromatic nitrogens is 6. The highest BCUT2D eigenvalue weighted by Gasteiger charge is 2.65. The van der Waals surface area contributed by atoms with Gasteiger partial charge in [0.2, 0.25) is 5.88 Å². The Balaban J connectivity index is 0.000000179. The first-order valence-corrected chi connectivity index (χ1v) is 39.1. The third-order valence-corrected chi connectivity index (χ3v) is 22.1. The molecule has 0 bridgehead atoms. The van der Waals surface area contributed by atoms with E-state index in [4.69, 9.17) is 95.1 Å². The Bertz CT molecular complexity index is 5390. The first kappa shape index (κ1) is 103. The van der Waals surface area contributed by atoms with Crippen LogP contribution in [0.2, 0.25) is 0 Å². The number of hydrogen-bond donors (Lipinski definition) is 19. The number of pyridine rings is 1. The number of alkyl halides is 6. The summed E-state index contributed by atoms with van der Waals surface area (Å²) >= 11 is 6.13. The number of aliphatic imine (C=N–C) groups is 3. The van der Waals surface area contributed by atoms with Crippen LogP contribution in [-0.4, -0.2) is 354 Å². The third kappa shape index (κ3) is 20.3. The Kier molecular flexibility index (Phi) is 33.6. The van der Waals surface area contributed by atoms with Crippen LogP contribution in [0, 0.1) is 19.3 Å². The van der Waals surface area contributed by atoms with Gasteiger partial charge in [0.25, 0.3) is 11.8 Å². The van der Waals surface area contributed by atoms with Crippen molar-refractivity contribution in [1.29, 1.82) is 0 Å². The number of anilines is 1. The topological polar surface area (TPSA) is 760 Å². The van der Waals surface area contributed by atoms with E-state index < -0.39 is 221 Å². The molecule has 0 spiro atoms. The maximum Gasteiger partial charge on any atom is 0.262 e. The summed E-state index contributed by atoms with van der Waals surface area (Å²) in [6, 6.07) is 3.37. The lowest BCUT2D eigenvalue weighted by molar-refractivity contribution is -0.209. The molecule has 4 aromatic rings. The van der Waals surface area contributed by atoms with Gasteiger partial charge in [0, 0.05) is 81.0 Å². The number of amidine groups is 3. The molecular weight excluding hydrogens is 1800 g/mol. The predicted octanol–water partition coefficient (Wildman–Crippen LogP) is -0.388. The molecule has 14 rings (SSSR count). The molecule has 4 aromatic heterocycles. The highest BCUT2D eigenvalue weighted by Crippen LogP contribution is 2.48. The zero-order valence-corrected chi connectivity index (χ0v) is 70.7. The van der Waals surface area contributed by atoms with Gasteiger partial charge < -0.3 is 146 Å². The number of nitrogens with one attached hydrogen (secondary N) is 3. The first-order chi connectivity index (χ1) is 62.5. The Morgan fingerprint density at radius 1 is 0.667 bits per heavy atom. The number of hydrogen-bond acceptors (Lipinski definition) is 40. The van der Waals surface area contributed by atoms with Crippen molar-refractivity contribution in [3.8, 4) is 18.2 Å². The highest BCUT2D eigenvalue weighted by molar-refractivity contribution is 6.25. The number of hydroxylamine groups is 1. The number of aliphatic hydroxyl groups excluding tert-OH is 12. The number of nitrogens with two attached hydrogens (primary N) is 2. The van der Waals surface area contributed by atoms with Crippen molar-refractivity contribution < 1.29 is 136 Å². The van der Waals surface area contributed by atoms with Crippen LogP contribution in [0.4, 0.5) is 32.0 Å². The Morgan fingerprint density at radius 3 is 1.62 bits per heavy atom. The van der Waals surface area contributed by atoms with Crippen LogP contribution in [-0.2, 0) is 33.2 Å². The third-order valence-electron chi connectivity index (χ3n) is 21.7. The second kappa shape index (κ2) is 42.9. The molecule has 10 aliphatic rings. The molecule has 14 heterocycles. The molecule has 1 amide bonds. The number of amides is 1. The van der Waals surface area contributed by atoms with Crippen LogP contribution >= 0.6 is 11.6 Å². The highest BCUT2D eigenvalue weighted by atomic mass is 35.5. The van der Waals surface area contributed by atoms with Gasteiger partial charge in [-0.3, -0.25) is 25.0 Å². The number of halogens is 7. The van der Waals surface area contributed by atoms with Gasteiger partial charge in [0.1, 0.15) is 117 Å². The zero-order valence-electron chi connectivity index (χ0n) is 69.9. The van der Waals surface area contributed by atoms with Gasteiger partial charge in [-0.05, 0) is 67.2 Å².